The molecule has 0 aliphatic heterocycles. The quantitative estimate of drug-likeness (QED) is 0.534. The Morgan fingerprint density at radius 2 is 1.81 bits per heavy atom. The average molecular weight is 363 g/mol. The van der Waals surface area contributed by atoms with Crippen LogP contribution in [-0.2, 0) is 6.54 Å². The van der Waals surface area contributed by atoms with Crippen molar-refractivity contribution in [2.45, 2.75) is 6.54 Å². The first kappa shape index (κ1) is 16.4. The van der Waals surface area contributed by atoms with Gasteiger partial charge in [0, 0.05) is 30.4 Å². The highest BCUT2D eigenvalue weighted by Gasteiger charge is 2.08. The summed E-state index contributed by atoms with van der Waals surface area (Å²) in [5.74, 6) is 1.59. The van der Waals surface area contributed by atoms with E-state index < -0.39 is 0 Å². The van der Waals surface area contributed by atoms with Crippen molar-refractivity contribution < 1.29 is 4.74 Å². The Morgan fingerprint density at radius 3 is 2.58 bits per heavy atom. The van der Waals surface area contributed by atoms with Gasteiger partial charge in [-0.05, 0) is 36.4 Å². The fraction of sp³-hybridized carbons (Fsp3) is 0.100. The van der Waals surface area contributed by atoms with Gasteiger partial charge in [-0.1, -0.05) is 18.2 Å². The van der Waals surface area contributed by atoms with Crippen molar-refractivity contribution >= 4 is 22.0 Å². The van der Waals surface area contributed by atoms with Crippen molar-refractivity contribution in [1.82, 2.24) is 9.38 Å². The standard InChI is InChI=1S/C20H17N3O2S/c1-22(14-15-13-19(24)23-11-12-26-20(23)21-15)16-7-9-18(10-8-16)25-17-5-3-2-4-6-17/h2-13H,14H2,1H3. The number of ether oxygens (including phenoxy) is 1. The van der Waals surface area contributed by atoms with E-state index >= 15 is 0 Å². The average Bonchev–Trinajstić information content (AvgIpc) is 3.12. The van der Waals surface area contributed by atoms with Gasteiger partial charge < -0.3 is 9.64 Å². The Labute approximate surface area is 154 Å². The molecule has 0 atom stereocenters. The number of aromatic nitrogens is 2. The lowest BCUT2D eigenvalue weighted by atomic mass is 10.2. The Balaban J connectivity index is 1.48. The van der Waals surface area contributed by atoms with Crippen LogP contribution in [0.2, 0.25) is 0 Å². The van der Waals surface area contributed by atoms with Crippen LogP contribution in [0.1, 0.15) is 5.69 Å². The summed E-state index contributed by atoms with van der Waals surface area (Å²) in [6, 6.07) is 19.1. The molecule has 4 rings (SSSR count). The third-order valence-corrected chi connectivity index (χ3v) is 4.77. The summed E-state index contributed by atoms with van der Waals surface area (Å²) in [4.78, 5) is 19.4. The van der Waals surface area contributed by atoms with Crippen LogP contribution in [0.4, 0.5) is 5.69 Å². The third-order valence-electron chi connectivity index (χ3n) is 4.01. The monoisotopic (exact) mass is 363 g/mol. The van der Waals surface area contributed by atoms with Crippen molar-refractivity contribution in [3.8, 4) is 11.5 Å². The van der Waals surface area contributed by atoms with E-state index in [1.165, 1.54) is 11.3 Å². The lowest BCUT2D eigenvalue weighted by molar-refractivity contribution is 0.482. The van der Waals surface area contributed by atoms with Crippen LogP contribution >= 0.6 is 11.3 Å². The van der Waals surface area contributed by atoms with Crippen molar-refractivity contribution in [3.05, 3.63) is 88.3 Å². The first-order chi connectivity index (χ1) is 12.7. The Hall–Kier alpha value is -3.12. The zero-order valence-electron chi connectivity index (χ0n) is 14.2. The van der Waals surface area contributed by atoms with Gasteiger partial charge in [-0.15, -0.1) is 11.3 Å². The maximum Gasteiger partial charge on any atom is 0.258 e. The lowest BCUT2D eigenvalue weighted by Gasteiger charge is -2.19. The highest BCUT2D eigenvalue weighted by Crippen LogP contribution is 2.24. The molecule has 130 valence electrons. The third kappa shape index (κ3) is 3.45. The van der Waals surface area contributed by atoms with Gasteiger partial charge >= 0.3 is 0 Å². The molecule has 2 aromatic carbocycles. The lowest BCUT2D eigenvalue weighted by Crippen LogP contribution is -2.20. The van der Waals surface area contributed by atoms with Gasteiger partial charge in [0.1, 0.15) is 11.5 Å². The van der Waals surface area contributed by atoms with E-state index in [4.69, 9.17) is 4.74 Å². The number of benzene rings is 2. The van der Waals surface area contributed by atoms with E-state index in [-0.39, 0.29) is 5.56 Å². The first-order valence-corrected chi connectivity index (χ1v) is 9.07. The highest BCUT2D eigenvalue weighted by molar-refractivity contribution is 7.15. The summed E-state index contributed by atoms with van der Waals surface area (Å²) in [5.41, 5.74) is 1.73. The number of thiazole rings is 1. The van der Waals surface area contributed by atoms with Crippen LogP contribution in [0, 0.1) is 0 Å². The van der Waals surface area contributed by atoms with Crippen molar-refractivity contribution in [2.75, 3.05) is 11.9 Å². The fourth-order valence-corrected chi connectivity index (χ4v) is 3.44. The second-order valence-corrected chi connectivity index (χ2v) is 6.78. The minimum atomic E-state index is -0.0498. The molecule has 6 heteroatoms. The predicted molar refractivity (Wildman–Crippen MR) is 104 cm³/mol. The molecule has 4 aromatic rings. The first-order valence-electron chi connectivity index (χ1n) is 8.19. The van der Waals surface area contributed by atoms with Gasteiger partial charge in [-0.25, -0.2) is 4.98 Å². The van der Waals surface area contributed by atoms with Gasteiger partial charge in [0.15, 0.2) is 4.96 Å². The van der Waals surface area contributed by atoms with E-state index in [0.717, 1.165) is 22.9 Å². The number of nitrogens with zero attached hydrogens (tertiary/aromatic N) is 3. The summed E-state index contributed by atoms with van der Waals surface area (Å²) in [7, 11) is 1.98. The maximum atomic E-state index is 12.1. The number of rotatable bonds is 5. The van der Waals surface area contributed by atoms with Gasteiger partial charge in [0.05, 0.1) is 12.2 Å². The molecule has 0 spiro atoms. The van der Waals surface area contributed by atoms with Crippen LogP contribution in [-0.4, -0.2) is 16.4 Å². The molecule has 0 bridgehead atoms. The van der Waals surface area contributed by atoms with E-state index in [9.17, 15) is 4.79 Å². The van der Waals surface area contributed by atoms with Gasteiger partial charge in [-0.2, -0.15) is 0 Å². The van der Waals surface area contributed by atoms with Crippen LogP contribution in [0.25, 0.3) is 4.96 Å². The van der Waals surface area contributed by atoms with Crippen LogP contribution in [0.5, 0.6) is 11.5 Å². The van der Waals surface area contributed by atoms with Gasteiger partial charge in [0.2, 0.25) is 0 Å². The van der Waals surface area contributed by atoms with Crippen molar-refractivity contribution in [1.29, 1.82) is 0 Å². The molecular formula is C20H17N3O2S. The summed E-state index contributed by atoms with van der Waals surface area (Å²) in [5, 5.41) is 1.86. The Morgan fingerprint density at radius 1 is 1.08 bits per heavy atom. The van der Waals surface area contributed by atoms with Crippen LogP contribution in [0.15, 0.2) is 77.0 Å². The molecule has 0 aliphatic rings. The molecule has 26 heavy (non-hydrogen) atoms. The molecule has 0 amide bonds. The fourth-order valence-electron chi connectivity index (χ4n) is 2.70. The largest absolute Gasteiger partial charge is 0.457 e. The summed E-state index contributed by atoms with van der Waals surface area (Å²) in [6.07, 6.45) is 1.74. The van der Waals surface area contributed by atoms with Crippen LogP contribution < -0.4 is 15.2 Å². The normalized spacial score (nSPS) is 10.8. The summed E-state index contributed by atoms with van der Waals surface area (Å²) in [6.45, 7) is 0.558. The zero-order valence-corrected chi connectivity index (χ0v) is 15.0. The van der Waals surface area contributed by atoms with Crippen LogP contribution in [0.3, 0.4) is 0 Å². The Bertz CT molecular complexity index is 1070. The summed E-state index contributed by atoms with van der Waals surface area (Å²) < 4.78 is 7.37. The van der Waals surface area contributed by atoms with E-state index in [0.29, 0.717) is 11.5 Å². The van der Waals surface area contributed by atoms with E-state index in [1.54, 1.807) is 16.7 Å². The number of fused-ring (bicyclic) bond motifs is 1. The SMILES string of the molecule is CN(Cc1cc(=O)n2ccsc2n1)c1ccc(Oc2ccccc2)cc1. The molecule has 0 radical (unpaired) electrons. The second kappa shape index (κ2) is 7.01. The van der Waals surface area contributed by atoms with Crippen molar-refractivity contribution in [3.63, 3.8) is 0 Å². The Kier molecular flexibility index (Phi) is 4.41. The molecule has 0 aliphatic carbocycles. The molecule has 0 saturated heterocycles. The smallest absolute Gasteiger partial charge is 0.258 e. The summed E-state index contributed by atoms with van der Waals surface area (Å²) >= 11 is 1.46. The minimum Gasteiger partial charge on any atom is -0.457 e. The number of hydrogen-bond donors (Lipinski definition) is 0. The van der Waals surface area contributed by atoms with E-state index in [1.807, 2.05) is 67.0 Å². The number of hydrogen-bond acceptors (Lipinski definition) is 5. The molecule has 2 aromatic heterocycles. The molecule has 0 N–H and O–H groups in total. The maximum absolute atomic E-state index is 12.1. The highest BCUT2D eigenvalue weighted by atomic mass is 32.1. The van der Waals surface area contributed by atoms with E-state index in [2.05, 4.69) is 9.88 Å². The number of anilines is 1. The minimum absolute atomic E-state index is 0.0498. The molecular weight excluding hydrogens is 346 g/mol. The van der Waals surface area contributed by atoms with Gasteiger partial charge in [0.25, 0.3) is 5.56 Å². The number of para-hydroxylation sites is 1. The molecule has 5 nitrogen and oxygen atoms in total. The molecule has 0 saturated carbocycles. The van der Waals surface area contributed by atoms with Gasteiger partial charge in [-0.3, -0.25) is 9.20 Å². The molecule has 2 heterocycles. The topological polar surface area (TPSA) is 46.8 Å². The zero-order chi connectivity index (χ0) is 17.9. The second-order valence-electron chi connectivity index (χ2n) is 5.91. The van der Waals surface area contributed by atoms with Crippen molar-refractivity contribution in [2.24, 2.45) is 0 Å². The molecule has 0 fully saturated rings. The predicted octanol–water partition coefficient (Wildman–Crippen LogP) is 4.18. The molecule has 0 unspecified atom stereocenters.